The minimum absolute atomic E-state index is 0.183. The number of allylic oxidation sites excluding steroid dienone is 1. The molecule has 3 aromatic rings. The highest BCUT2D eigenvalue weighted by atomic mass is 19.1. The fraction of sp³-hybridized carbons (Fsp3) is 0.214. The predicted octanol–water partition coefficient (Wildman–Crippen LogP) is 5.85. The number of urea groups is 1. The Kier molecular flexibility index (Phi) is 7.95. The first-order valence-electron chi connectivity index (χ1n) is 12.0. The van der Waals surface area contributed by atoms with Crippen molar-refractivity contribution in [3.05, 3.63) is 77.0 Å². The van der Waals surface area contributed by atoms with Gasteiger partial charge in [-0.2, -0.15) is 5.26 Å². The summed E-state index contributed by atoms with van der Waals surface area (Å²) in [4.78, 5) is 20.8. The Labute approximate surface area is 225 Å². The van der Waals surface area contributed by atoms with Crippen molar-refractivity contribution in [3.8, 4) is 17.6 Å². The Bertz CT molecular complexity index is 1490. The number of carbonyl (C=O) groups is 1. The lowest BCUT2D eigenvalue weighted by atomic mass is 9.79. The molecule has 0 aliphatic carbocycles. The number of fused-ring (bicyclic) bond motifs is 1. The summed E-state index contributed by atoms with van der Waals surface area (Å²) in [7, 11) is 4.25. The van der Waals surface area contributed by atoms with Gasteiger partial charge < -0.3 is 14.9 Å². The number of ether oxygens (including phenoxy) is 2. The maximum atomic E-state index is 15.5. The van der Waals surface area contributed by atoms with Gasteiger partial charge in [-0.3, -0.25) is 14.8 Å². The highest BCUT2D eigenvalue weighted by Gasteiger charge is 2.37. The van der Waals surface area contributed by atoms with E-state index in [1.807, 2.05) is 6.82 Å². The van der Waals surface area contributed by atoms with E-state index in [4.69, 9.17) is 20.1 Å². The fourth-order valence-electron chi connectivity index (χ4n) is 4.37. The van der Waals surface area contributed by atoms with E-state index < -0.39 is 23.4 Å². The summed E-state index contributed by atoms with van der Waals surface area (Å²) in [6.07, 6.45) is 1.71. The molecule has 39 heavy (non-hydrogen) atoms. The molecule has 1 radical (unpaired) electrons. The zero-order valence-corrected chi connectivity index (χ0v) is 21.9. The Hall–Kier alpha value is -4.72. The number of pyridine rings is 1. The highest BCUT2D eigenvalue weighted by Crippen LogP contribution is 2.43. The van der Waals surface area contributed by atoms with Gasteiger partial charge in [-0.25, -0.2) is 13.6 Å². The molecule has 0 saturated carbocycles. The average Bonchev–Trinajstić information content (AvgIpc) is 2.93. The topological polar surface area (TPSA) is 103 Å². The van der Waals surface area contributed by atoms with Gasteiger partial charge in [0, 0.05) is 29.1 Å². The molecule has 0 atom stereocenters. The summed E-state index contributed by atoms with van der Waals surface area (Å²) >= 11 is 0. The van der Waals surface area contributed by atoms with Crippen LogP contribution in [0.4, 0.5) is 30.6 Å². The van der Waals surface area contributed by atoms with Crippen molar-refractivity contribution in [2.24, 2.45) is 0 Å². The van der Waals surface area contributed by atoms with Gasteiger partial charge in [-0.15, -0.1) is 5.98 Å². The first-order valence-corrected chi connectivity index (χ1v) is 12.0. The van der Waals surface area contributed by atoms with Gasteiger partial charge in [0.2, 0.25) is 0 Å². The minimum Gasteiger partial charge on any atom is -0.493 e. The number of hydrogen-bond acceptors (Lipinski definition) is 6. The standard InChI is InChI=1S/C28H25BF2N5O3/c1-16(33)20(13-29-2)21-11-22-18(14-34-21)15-35(27-25(30)23(38-3)12-24(39-4)26(27)31)28(37)36(22)19-7-5-17(6-8-19)9-10-32/h5-8,11-14,33H,9,15H2,1-4H3/b20-13+,33-16?. The van der Waals surface area contributed by atoms with Crippen LogP contribution < -0.4 is 19.3 Å². The lowest BCUT2D eigenvalue weighted by Gasteiger charge is -2.37. The van der Waals surface area contributed by atoms with Crippen molar-refractivity contribution in [2.75, 3.05) is 24.0 Å². The first-order chi connectivity index (χ1) is 18.7. The number of rotatable bonds is 8. The SMILES string of the molecule is C[B]/C=C(\C(C)=N)c1cc2c(cn1)CN(c1c(F)c(OC)cc(OC)c1F)C(=O)N2c1ccc(CC#N)cc1. The van der Waals surface area contributed by atoms with Crippen LogP contribution >= 0.6 is 0 Å². The normalized spacial score (nSPS) is 13.1. The van der Waals surface area contributed by atoms with E-state index in [0.29, 0.717) is 28.2 Å². The second-order valence-corrected chi connectivity index (χ2v) is 8.70. The average molecular weight is 528 g/mol. The van der Waals surface area contributed by atoms with Crippen molar-refractivity contribution < 1.29 is 23.0 Å². The largest absolute Gasteiger partial charge is 0.493 e. The molecule has 1 aliphatic rings. The van der Waals surface area contributed by atoms with Crippen molar-refractivity contribution in [1.29, 1.82) is 10.7 Å². The second-order valence-electron chi connectivity index (χ2n) is 8.70. The van der Waals surface area contributed by atoms with Crippen molar-refractivity contribution >= 4 is 41.7 Å². The molecule has 11 heteroatoms. The molecule has 197 valence electrons. The maximum absolute atomic E-state index is 15.5. The van der Waals surface area contributed by atoms with Crippen LogP contribution in [0.25, 0.3) is 5.57 Å². The molecule has 1 N–H and O–H groups in total. The summed E-state index contributed by atoms with van der Waals surface area (Å²) in [6.45, 7) is 3.28. The fourth-order valence-corrected chi connectivity index (χ4v) is 4.37. The molecule has 0 unspecified atom stereocenters. The number of nitrogens with one attached hydrogen (secondary N) is 1. The van der Waals surface area contributed by atoms with E-state index in [1.54, 1.807) is 50.5 Å². The summed E-state index contributed by atoms with van der Waals surface area (Å²) in [5.74, 6) is -0.915. The number of carbonyl (C=O) groups excluding carboxylic acids is 1. The third-order valence-corrected chi connectivity index (χ3v) is 6.26. The van der Waals surface area contributed by atoms with E-state index in [-0.39, 0.29) is 30.2 Å². The minimum atomic E-state index is -1.05. The summed E-state index contributed by atoms with van der Waals surface area (Å²) in [6, 6.07) is 10.9. The number of nitriles is 1. The first kappa shape index (κ1) is 27.3. The summed E-state index contributed by atoms with van der Waals surface area (Å²) in [5, 5.41) is 17.2. The van der Waals surface area contributed by atoms with Gasteiger partial charge in [0.1, 0.15) is 13.0 Å². The van der Waals surface area contributed by atoms with Crippen LogP contribution in [-0.4, -0.2) is 38.2 Å². The Balaban J connectivity index is 1.94. The Morgan fingerprint density at radius 1 is 1.18 bits per heavy atom. The van der Waals surface area contributed by atoms with Crippen LogP contribution in [0.3, 0.4) is 0 Å². The van der Waals surface area contributed by atoms with E-state index in [1.165, 1.54) is 25.3 Å². The van der Waals surface area contributed by atoms with Gasteiger partial charge >= 0.3 is 6.03 Å². The Morgan fingerprint density at radius 3 is 2.36 bits per heavy atom. The van der Waals surface area contributed by atoms with Crippen LogP contribution in [0.15, 0.2) is 48.6 Å². The number of aromatic nitrogens is 1. The Morgan fingerprint density at radius 2 is 1.82 bits per heavy atom. The molecule has 2 heterocycles. The van der Waals surface area contributed by atoms with Crippen LogP contribution in [0.2, 0.25) is 6.82 Å². The number of nitrogens with zero attached hydrogens (tertiary/aromatic N) is 4. The molecular formula is C28H25BF2N5O3. The van der Waals surface area contributed by atoms with Gasteiger partial charge in [0.15, 0.2) is 23.1 Å². The van der Waals surface area contributed by atoms with Gasteiger partial charge in [0.05, 0.1) is 50.3 Å². The van der Waals surface area contributed by atoms with Crippen LogP contribution in [0, 0.1) is 28.4 Å². The van der Waals surface area contributed by atoms with Crippen LogP contribution in [0.1, 0.15) is 23.7 Å². The molecule has 2 aromatic carbocycles. The van der Waals surface area contributed by atoms with E-state index in [0.717, 1.165) is 16.5 Å². The molecule has 0 fully saturated rings. The predicted molar refractivity (Wildman–Crippen MR) is 146 cm³/mol. The van der Waals surface area contributed by atoms with Gasteiger partial charge in [0.25, 0.3) is 0 Å². The zero-order chi connectivity index (χ0) is 28.3. The third-order valence-electron chi connectivity index (χ3n) is 6.26. The molecule has 0 saturated heterocycles. The third kappa shape index (κ3) is 5.05. The molecule has 4 rings (SSSR count). The maximum Gasteiger partial charge on any atom is 0.334 e. The second kappa shape index (κ2) is 11.4. The van der Waals surface area contributed by atoms with Crippen molar-refractivity contribution in [1.82, 2.24) is 4.98 Å². The van der Waals surface area contributed by atoms with Crippen molar-refractivity contribution in [2.45, 2.75) is 26.7 Å². The highest BCUT2D eigenvalue weighted by molar-refractivity contribution is 6.45. The molecule has 1 aliphatic heterocycles. The molecule has 8 nitrogen and oxygen atoms in total. The lowest BCUT2D eigenvalue weighted by molar-refractivity contribution is 0.251. The van der Waals surface area contributed by atoms with Crippen molar-refractivity contribution in [3.63, 3.8) is 0 Å². The van der Waals surface area contributed by atoms with Gasteiger partial charge in [-0.1, -0.05) is 19.0 Å². The lowest BCUT2D eigenvalue weighted by Crippen LogP contribution is -2.46. The summed E-state index contributed by atoms with van der Waals surface area (Å²) in [5.41, 5.74) is 2.82. The number of benzene rings is 2. The number of methoxy groups -OCH3 is 2. The van der Waals surface area contributed by atoms with Gasteiger partial charge in [-0.05, 0) is 30.7 Å². The number of hydrogen-bond donors (Lipinski definition) is 1. The van der Waals surface area contributed by atoms with E-state index >= 15 is 8.78 Å². The van der Waals surface area contributed by atoms with Crippen LogP contribution in [-0.2, 0) is 13.0 Å². The molecular weight excluding hydrogens is 503 g/mol. The summed E-state index contributed by atoms with van der Waals surface area (Å²) < 4.78 is 41.1. The quantitative estimate of drug-likeness (QED) is 0.292. The monoisotopic (exact) mass is 528 g/mol. The van der Waals surface area contributed by atoms with E-state index in [2.05, 4.69) is 11.1 Å². The van der Waals surface area contributed by atoms with E-state index in [9.17, 15) is 4.79 Å². The molecule has 2 amide bonds. The zero-order valence-electron chi connectivity index (χ0n) is 21.9. The number of amides is 2. The van der Waals surface area contributed by atoms with Crippen LogP contribution in [0.5, 0.6) is 11.5 Å². The number of anilines is 3. The molecule has 0 bridgehead atoms. The number of halogens is 2. The molecule has 1 aromatic heterocycles. The molecule has 0 spiro atoms. The smallest absolute Gasteiger partial charge is 0.334 e.